The van der Waals surface area contributed by atoms with Crippen molar-refractivity contribution >= 4 is 11.4 Å². The Morgan fingerprint density at radius 2 is 1.83 bits per heavy atom. The molecule has 2 fully saturated rings. The molecular weight excluding hydrogens is 468 g/mol. The average molecular weight is 503 g/mol. The van der Waals surface area contributed by atoms with E-state index in [1.54, 1.807) is 24.1 Å². The summed E-state index contributed by atoms with van der Waals surface area (Å²) in [6.45, 7) is 2.53. The molecule has 2 aromatic rings. The molecule has 0 aliphatic carbocycles. The van der Waals surface area contributed by atoms with E-state index in [4.69, 9.17) is 4.84 Å². The van der Waals surface area contributed by atoms with Crippen molar-refractivity contribution in [3.05, 3.63) is 69.3 Å². The number of β-amino-alcohol motifs (C(OH)–C–C–N with tert-alkyl or cyclic N) is 1. The number of aliphatic hydroxyl groups excluding tert-OH is 4. The third-order valence-corrected chi connectivity index (χ3v) is 6.85. The zero-order chi connectivity index (χ0) is 25.8. The first-order valence-electron chi connectivity index (χ1n) is 12.1. The van der Waals surface area contributed by atoms with Crippen LogP contribution in [0.15, 0.2) is 42.5 Å². The lowest BCUT2D eigenvalue weighted by molar-refractivity contribution is -0.384. The number of anilines is 1. The van der Waals surface area contributed by atoms with Crippen molar-refractivity contribution in [3.8, 4) is 0 Å². The number of nitro benzene ring substituents is 1. The van der Waals surface area contributed by atoms with Gasteiger partial charge in [0, 0.05) is 45.8 Å². The molecule has 0 spiro atoms. The fraction of sp³-hybridized carbons (Fsp3) is 0.520. The molecule has 0 aromatic heterocycles. The Kier molecular flexibility index (Phi) is 8.52. The van der Waals surface area contributed by atoms with Crippen LogP contribution in [0.2, 0.25) is 0 Å². The standard InChI is InChI=1S/C25H34N4O7/c1-26(20-7-6-19(11-21(20)29(34)35)14-28-8-3-9-36-28)12-17-4-2-5-18(10-17)13-27-15-23(31)25(33)24(32)22(27)16-30/h2,4-7,10-11,22-25,30-33H,3,8-9,12-16H2,1H3/t22-,23+,24-,25-/m1/s1. The van der Waals surface area contributed by atoms with Crippen LogP contribution in [0.5, 0.6) is 0 Å². The fourth-order valence-corrected chi connectivity index (χ4v) is 4.94. The number of hydrogen-bond acceptors (Lipinski definition) is 10. The average Bonchev–Trinajstić information content (AvgIpc) is 3.36. The van der Waals surface area contributed by atoms with Crippen LogP contribution in [0.3, 0.4) is 0 Å². The maximum atomic E-state index is 11.8. The Hall–Kier alpha value is -2.64. The summed E-state index contributed by atoms with van der Waals surface area (Å²) >= 11 is 0. The van der Waals surface area contributed by atoms with Gasteiger partial charge >= 0.3 is 0 Å². The molecule has 2 saturated heterocycles. The molecule has 2 aromatic carbocycles. The van der Waals surface area contributed by atoms with Crippen molar-refractivity contribution in [1.29, 1.82) is 0 Å². The summed E-state index contributed by atoms with van der Waals surface area (Å²) in [5.41, 5.74) is 3.18. The minimum Gasteiger partial charge on any atom is -0.395 e. The first-order valence-corrected chi connectivity index (χ1v) is 12.1. The van der Waals surface area contributed by atoms with Gasteiger partial charge in [0.15, 0.2) is 0 Å². The predicted molar refractivity (Wildman–Crippen MR) is 132 cm³/mol. The molecule has 36 heavy (non-hydrogen) atoms. The Morgan fingerprint density at radius 1 is 1.08 bits per heavy atom. The quantitative estimate of drug-likeness (QED) is 0.285. The minimum atomic E-state index is -1.30. The van der Waals surface area contributed by atoms with Crippen molar-refractivity contribution in [3.63, 3.8) is 0 Å². The summed E-state index contributed by atoms with van der Waals surface area (Å²) < 4.78 is 0. The number of hydrogen-bond donors (Lipinski definition) is 4. The zero-order valence-electron chi connectivity index (χ0n) is 20.3. The van der Waals surface area contributed by atoms with Gasteiger partial charge in [0.2, 0.25) is 0 Å². The summed E-state index contributed by atoms with van der Waals surface area (Å²) in [4.78, 5) is 20.5. The van der Waals surface area contributed by atoms with E-state index in [-0.39, 0.29) is 23.8 Å². The first-order chi connectivity index (χ1) is 17.3. The van der Waals surface area contributed by atoms with E-state index < -0.39 is 24.4 Å². The SMILES string of the molecule is CN(Cc1cccc(CN2C[C@H](O)[C@@H](O)[C@H](O)[C@H]2CO)c1)c1ccc(CN2CCCO2)cc1[N+](=O)[O-]. The van der Waals surface area contributed by atoms with Crippen LogP contribution in [0.4, 0.5) is 11.4 Å². The zero-order valence-corrected chi connectivity index (χ0v) is 20.3. The molecule has 4 N–H and O–H groups in total. The van der Waals surface area contributed by atoms with E-state index in [0.29, 0.717) is 31.9 Å². The molecule has 11 nitrogen and oxygen atoms in total. The van der Waals surface area contributed by atoms with E-state index in [9.17, 15) is 30.5 Å². The predicted octanol–water partition coefficient (Wildman–Crippen LogP) is 0.628. The third kappa shape index (κ3) is 6.01. The molecule has 11 heteroatoms. The third-order valence-electron chi connectivity index (χ3n) is 6.85. The van der Waals surface area contributed by atoms with Crippen LogP contribution in [-0.2, 0) is 24.5 Å². The Balaban J connectivity index is 1.46. The van der Waals surface area contributed by atoms with Gasteiger partial charge in [-0.15, -0.1) is 0 Å². The fourth-order valence-electron chi connectivity index (χ4n) is 4.94. The van der Waals surface area contributed by atoms with Gasteiger partial charge in [-0.25, -0.2) is 0 Å². The number of nitro groups is 1. The minimum absolute atomic E-state index is 0.0333. The highest BCUT2D eigenvalue weighted by atomic mass is 16.7. The molecule has 0 bridgehead atoms. The largest absolute Gasteiger partial charge is 0.395 e. The van der Waals surface area contributed by atoms with Gasteiger partial charge < -0.3 is 25.3 Å². The maximum absolute atomic E-state index is 11.8. The molecule has 4 atom stereocenters. The molecule has 0 saturated carbocycles. The van der Waals surface area contributed by atoms with Gasteiger partial charge in [-0.05, 0) is 29.2 Å². The van der Waals surface area contributed by atoms with Crippen molar-refractivity contribution < 1.29 is 30.2 Å². The summed E-state index contributed by atoms with van der Waals surface area (Å²) in [7, 11) is 1.80. The summed E-state index contributed by atoms with van der Waals surface area (Å²) in [6.07, 6.45) is -2.72. The van der Waals surface area contributed by atoms with E-state index in [1.807, 2.05) is 40.3 Å². The molecule has 0 amide bonds. The summed E-state index contributed by atoms with van der Waals surface area (Å²) in [6, 6.07) is 12.2. The number of likely N-dealkylation sites (tertiary alicyclic amines) is 1. The van der Waals surface area contributed by atoms with Crippen molar-refractivity contribution in [1.82, 2.24) is 9.96 Å². The van der Waals surface area contributed by atoms with Crippen LogP contribution in [0.25, 0.3) is 0 Å². The second kappa shape index (κ2) is 11.6. The van der Waals surface area contributed by atoms with E-state index in [2.05, 4.69) is 0 Å². The van der Waals surface area contributed by atoms with Crippen molar-refractivity contribution in [2.75, 3.05) is 38.3 Å². The van der Waals surface area contributed by atoms with Crippen LogP contribution < -0.4 is 4.90 Å². The Morgan fingerprint density at radius 3 is 2.53 bits per heavy atom. The van der Waals surface area contributed by atoms with E-state index >= 15 is 0 Å². The molecule has 2 aliphatic heterocycles. The lowest BCUT2D eigenvalue weighted by atomic mass is 9.93. The van der Waals surface area contributed by atoms with Gasteiger partial charge in [0.1, 0.15) is 17.9 Å². The lowest BCUT2D eigenvalue weighted by Crippen LogP contribution is -2.62. The van der Waals surface area contributed by atoms with Gasteiger partial charge in [-0.1, -0.05) is 30.3 Å². The highest BCUT2D eigenvalue weighted by molar-refractivity contribution is 5.64. The van der Waals surface area contributed by atoms with Crippen LogP contribution in [0, 0.1) is 10.1 Å². The van der Waals surface area contributed by atoms with E-state index in [1.165, 1.54) is 0 Å². The number of rotatable bonds is 9. The van der Waals surface area contributed by atoms with Gasteiger partial charge in [0.05, 0.1) is 30.3 Å². The number of benzene rings is 2. The second-order valence-electron chi connectivity index (χ2n) is 9.53. The molecule has 0 unspecified atom stereocenters. The van der Waals surface area contributed by atoms with Crippen molar-refractivity contribution in [2.24, 2.45) is 0 Å². The topological polar surface area (TPSA) is 143 Å². The van der Waals surface area contributed by atoms with Crippen LogP contribution in [-0.4, -0.2) is 93.0 Å². The molecule has 196 valence electrons. The lowest BCUT2D eigenvalue weighted by Gasteiger charge is -2.43. The smallest absolute Gasteiger partial charge is 0.292 e. The van der Waals surface area contributed by atoms with Crippen LogP contribution >= 0.6 is 0 Å². The number of hydroxylamine groups is 2. The van der Waals surface area contributed by atoms with Gasteiger partial charge in [0.25, 0.3) is 5.69 Å². The molecule has 0 radical (unpaired) electrons. The number of aliphatic hydroxyl groups is 4. The molecule has 2 aliphatic rings. The molecule has 4 rings (SSSR count). The highest BCUT2D eigenvalue weighted by Crippen LogP contribution is 2.30. The number of piperidine rings is 1. The molecular formula is C25H34N4O7. The monoisotopic (exact) mass is 502 g/mol. The van der Waals surface area contributed by atoms with Gasteiger partial charge in [-0.2, -0.15) is 5.06 Å². The van der Waals surface area contributed by atoms with Gasteiger partial charge in [-0.3, -0.25) is 19.9 Å². The van der Waals surface area contributed by atoms with Crippen molar-refractivity contribution in [2.45, 2.75) is 50.4 Å². The second-order valence-corrected chi connectivity index (χ2v) is 9.53. The highest BCUT2D eigenvalue weighted by Gasteiger charge is 2.40. The maximum Gasteiger partial charge on any atom is 0.292 e. The molecule has 2 heterocycles. The Labute approximate surface area is 209 Å². The van der Waals surface area contributed by atoms with Crippen LogP contribution in [0.1, 0.15) is 23.1 Å². The van der Waals surface area contributed by atoms with E-state index in [0.717, 1.165) is 29.7 Å². The Bertz CT molecular complexity index is 1050. The number of nitrogens with zero attached hydrogens (tertiary/aromatic N) is 4. The normalized spacial score (nSPS) is 25.2. The summed E-state index contributed by atoms with van der Waals surface area (Å²) in [5, 5.41) is 53.6. The first kappa shape index (κ1) is 26.4. The summed E-state index contributed by atoms with van der Waals surface area (Å²) in [5.74, 6) is 0.